The van der Waals surface area contributed by atoms with Gasteiger partial charge in [-0.1, -0.05) is 37.0 Å². The lowest BCUT2D eigenvalue weighted by Gasteiger charge is -2.16. The lowest BCUT2D eigenvalue weighted by atomic mass is 10.1. The van der Waals surface area contributed by atoms with Crippen LogP contribution in [-0.2, 0) is 7.05 Å². The van der Waals surface area contributed by atoms with Crippen LogP contribution in [0.1, 0.15) is 32.7 Å². The molecule has 6 nitrogen and oxygen atoms in total. The van der Waals surface area contributed by atoms with E-state index in [1.807, 2.05) is 4.57 Å². The zero-order valence-electron chi connectivity index (χ0n) is 14.2. The molecule has 0 bridgehead atoms. The summed E-state index contributed by atoms with van der Waals surface area (Å²) in [6.07, 6.45) is 3.32. The Kier molecular flexibility index (Phi) is 4.75. The highest BCUT2D eigenvalue weighted by molar-refractivity contribution is 6.35. The normalized spacial score (nSPS) is 11.6. The Hall–Kier alpha value is -2.05. The fourth-order valence-electron chi connectivity index (χ4n) is 3.05. The van der Waals surface area contributed by atoms with Crippen molar-refractivity contribution < 1.29 is 0 Å². The second-order valence-corrected chi connectivity index (χ2v) is 6.72. The molecule has 0 aliphatic carbocycles. The van der Waals surface area contributed by atoms with Gasteiger partial charge in [-0.2, -0.15) is 0 Å². The van der Waals surface area contributed by atoms with Crippen molar-refractivity contribution in [2.75, 3.05) is 0 Å². The third kappa shape index (κ3) is 2.79. The molecule has 3 rings (SSSR count). The van der Waals surface area contributed by atoms with E-state index in [0.29, 0.717) is 26.9 Å². The molecule has 2 heterocycles. The van der Waals surface area contributed by atoms with Gasteiger partial charge in [-0.15, -0.1) is 0 Å². The first kappa shape index (κ1) is 17.8. The summed E-state index contributed by atoms with van der Waals surface area (Å²) in [5.74, 6) is 0. The number of aromatic nitrogens is 4. The standard InChI is InChI=1S/C17H18Cl2N4O2/c1-4-11(5-2)22-9-20-15-14(22)16(24)21(3)17(25)23(15)13-7-6-10(18)8-12(13)19/h6-9,11H,4-5H2,1-3H3. The number of hydrogen-bond acceptors (Lipinski definition) is 3. The predicted octanol–water partition coefficient (Wildman–Crippen LogP) is 3.55. The maximum Gasteiger partial charge on any atom is 0.337 e. The number of rotatable bonds is 4. The van der Waals surface area contributed by atoms with Gasteiger partial charge in [0.05, 0.1) is 17.0 Å². The Bertz CT molecular complexity index is 1060. The molecule has 2 aromatic heterocycles. The molecule has 25 heavy (non-hydrogen) atoms. The van der Waals surface area contributed by atoms with E-state index in [1.165, 1.54) is 11.6 Å². The molecule has 0 N–H and O–H groups in total. The van der Waals surface area contributed by atoms with Crippen molar-refractivity contribution in [3.8, 4) is 5.69 Å². The van der Waals surface area contributed by atoms with Gasteiger partial charge in [0, 0.05) is 18.1 Å². The third-order valence-corrected chi connectivity index (χ3v) is 5.00. The van der Waals surface area contributed by atoms with Crippen molar-refractivity contribution in [1.82, 2.24) is 18.7 Å². The lowest BCUT2D eigenvalue weighted by Crippen LogP contribution is -2.38. The van der Waals surface area contributed by atoms with Crippen LogP contribution in [0.2, 0.25) is 10.0 Å². The van der Waals surface area contributed by atoms with Gasteiger partial charge in [-0.3, -0.25) is 9.36 Å². The van der Waals surface area contributed by atoms with Crippen molar-refractivity contribution in [1.29, 1.82) is 0 Å². The molecule has 0 radical (unpaired) electrons. The fourth-order valence-corrected chi connectivity index (χ4v) is 3.54. The van der Waals surface area contributed by atoms with Crippen LogP contribution in [0.15, 0.2) is 34.1 Å². The largest absolute Gasteiger partial charge is 0.337 e. The Labute approximate surface area is 154 Å². The van der Waals surface area contributed by atoms with E-state index in [-0.39, 0.29) is 11.6 Å². The molecule has 0 unspecified atom stereocenters. The number of imidazole rings is 1. The van der Waals surface area contributed by atoms with Gasteiger partial charge in [-0.05, 0) is 31.0 Å². The Morgan fingerprint density at radius 3 is 2.44 bits per heavy atom. The van der Waals surface area contributed by atoms with Crippen LogP contribution in [0.3, 0.4) is 0 Å². The molecule has 0 saturated heterocycles. The Balaban J connectivity index is 2.45. The molecule has 0 aliphatic rings. The van der Waals surface area contributed by atoms with Crippen LogP contribution < -0.4 is 11.2 Å². The van der Waals surface area contributed by atoms with Gasteiger partial charge in [-0.25, -0.2) is 14.3 Å². The second kappa shape index (κ2) is 6.69. The number of halogens is 2. The SMILES string of the molecule is CCC(CC)n1cnc2c1c(=O)n(C)c(=O)n2-c1ccc(Cl)cc1Cl. The predicted molar refractivity (Wildman–Crippen MR) is 100 cm³/mol. The first-order valence-corrected chi connectivity index (χ1v) is 8.80. The first-order valence-electron chi connectivity index (χ1n) is 8.04. The van der Waals surface area contributed by atoms with E-state index in [4.69, 9.17) is 23.2 Å². The molecule has 3 aromatic rings. The molecule has 0 aliphatic heterocycles. The van der Waals surface area contributed by atoms with Crippen molar-refractivity contribution in [2.24, 2.45) is 7.05 Å². The zero-order chi connectivity index (χ0) is 18.3. The van der Waals surface area contributed by atoms with Crippen LogP contribution in [0, 0.1) is 0 Å². The van der Waals surface area contributed by atoms with E-state index >= 15 is 0 Å². The molecule has 0 fully saturated rings. The van der Waals surface area contributed by atoms with Crippen LogP contribution >= 0.6 is 23.2 Å². The molecule has 0 saturated carbocycles. The molecular formula is C17H18Cl2N4O2. The van der Waals surface area contributed by atoms with Gasteiger partial charge in [0.25, 0.3) is 5.56 Å². The smallest absolute Gasteiger partial charge is 0.322 e. The highest BCUT2D eigenvalue weighted by atomic mass is 35.5. The van der Waals surface area contributed by atoms with Crippen molar-refractivity contribution in [3.05, 3.63) is 55.4 Å². The van der Waals surface area contributed by atoms with Gasteiger partial charge >= 0.3 is 5.69 Å². The molecule has 132 valence electrons. The minimum absolute atomic E-state index is 0.129. The monoisotopic (exact) mass is 380 g/mol. The minimum Gasteiger partial charge on any atom is -0.322 e. The summed E-state index contributed by atoms with van der Waals surface area (Å²) < 4.78 is 4.28. The quantitative estimate of drug-likeness (QED) is 0.694. The minimum atomic E-state index is -0.503. The summed E-state index contributed by atoms with van der Waals surface area (Å²) in [5, 5.41) is 0.775. The maximum absolute atomic E-state index is 12.7. The van der Waals surface area contributed by atoms with Crippen molar-refractivity contribution >= 4 is 34.4 Å². The first-order chi connectivity index (χ1) is 11.9. The fraction of sp³-hybridized carbons (Fsp3) is 0.353. The van der Waals surface area contributed by atoms with E-state index in [9.17, 15) is 9.59 Å². The maximum atomic E-state index is 12.7. The summed E-state index contributed by atoms with van der Waals surface area (Å²) in [5.41, 5.74) is 0.250. The molecule has 0 spiro atoms. The summed E-state index contributed by atoms with van der Waals surface area (Å²) >= 11 is 12.2. The van der Waals surface area contributed by atoms with Crippen molar-refractivity contribution in [2.45, 2.75) is 32.7 Å². The average Bonchev–Trinajstić information content (AvgIpc) is 3.00. The van der Waals surface area contributed by atoms with Gasteiger partial charge in [0.1, 0.15) is 0 Å². The number of benzene rings is 1. The number of nitrogens with zero attached hydrogens (tertiary/aromatic N) is 4. The van der Waals surface area contributed by atoms with E-state index in [1.54, 1.807) is 24.5 Å². The van der Waals surface area contributed by atoms with Gasteiger partial charge in [0.15, 0.2) is 11.2 Å². The second-order valence-electron chi connectivity index (χ2n) is 5.87. The molecule has 0 amide bonds. The molecule has 1 aromatic carbocycles. The van der Waals surface area contributed by atoms with Crippen LogP contribution in [0.5, 0.6) is 0 Å². The van der Waals surface area contributed by atoms with Crippen LogP contribution in [0.4, 0.5) is 0 Å². The van der Waals surface area contributed by atoms with E-state index in [0.717, 1.165) is 17.4 Å². The number of hydrogen-bond donors (Lipinski definition) is 0. The molecular weight excluding hydrogens is 363 g/mol. The van der Waals surface area contributed by atoms with Gasteiger partial charge in [0.2, 0.25) is 0 Å². The molecule has 0 atom stereocenters. The average molecular weight is 381 g/mol. The number of fused-ring (bicyclic) bond motifs is 1. The van der Waals surface area contributed by atoms with E-state index in [2.05, 4.69) is 18.8 Å². The summed E-state index contributed by atoms with van der Waals surface area (Å²) in [6, 6.07) is 4.97. The highest BCUT2D eigenvalue weighted by Gasteiger charge is 2.21. The summed E-state index contributed by atoms with van der Waals surface area (Å²) in [6.45, 7) is 4.10. The zero-order valence-corrected chi connectivity index (χ0v) is 15.7. The summed E-state index contributed by atoms with van der Waals surface area (Å²) in [4.78, 5) is 29.8. The van der Waals surface area contributed by atoms with Crippen LogP contribution in [-0.4, -0.2) is 18.7 Å². The Morgan fingerprint density at radius 2 is 1.84 bits per heavy atom. The Morgan fingerprint density at radius 1 is 1.16 bits per heavy atom. The highest BCUT2D eigenvalue weighted by Crippen LogP contribution is 2.26. The van der Waals surface area contributed by atoms with Gasteiger partial charge < -0.3 is 4.57 Å². The summed E-state index contributed by atoms with van der Waals surface area (Å²) in [7, 11) is 1.45. The topological polar surface area (TPSA) is 61.8 Å². The molecule has 8 heteroatoms. The van der Waals surface area contributed by atoms with E-state index < -0.39 is 5.69 Å². The van der Waals surface area contributed by atoms with Crippen molar-refractivity contribution in [3.63, 3.8) is 0 Å². The lowest BCUT2D eigenvalue weighted by molar-refractivity contribution is 0.481. The third-order valence-electron chi connectivity index (χ3n) is 4.46. The van der Waals surface area contributed by atoms with Crippen LogP contribution in [0.25, 0.3) is 16.9 Å².